The molecule has 0 radical (unpaired) electrons. The normalized spacial score (nSPS) is 14.1. The van der Waals surface area contributed by atoms with Crippen LogP contribution in [0.25, 0.3) is 0 Å². The minimum Gasteiger partial charge on any atom is -0.469 e. The van der Waals surface area contributed by atoms with Crippen molar-refractivity contribution < 1.29 is 24.1 Å². The van der Waals surface area contributed by atoms with Crippen molar-refractivity contribution in [2.24, 2.45) is 0 Å². The van der Waals surface area contributed by atoms with Crippen LogP contribution in [-0.4, -0.2) is 29.4 Å². The molecule has 5 nitrogen and oxygen atoms in total. The fraction of sp³-hybridized carbons (Fsp3) is 0.364. The van der Waals surface area contributed by atoms with Gasteiger partial charge in [-0.3, -0.25) is 4.79 Å². The van der Waals surface area contributed by atoms with Gasteiger partial charge >= 0.3 is 5.97 Å². The third-order valence-corrected chi connectivity index (χ3v) is 2.34. The molecule has 1 rings (SSSR count). The summed E-state index contributed by atoms with van der Waals surface area (Å²) in [4.78, 5) is 10.9. The number of carbonyl (C=O) groups is 1. The first-order valence-corrected chi connectivity index (χ1v) is 4.93. The molecule has 1 aromatic carbocycles. The van der Waals surface area contributed by atoms with E-state index in [2.05, 4.69) is 4.74 Å². The molecule has 0 saturated carbocycles. The predicted octanol–water partition coefficient (Wildman–Crippen LogP) is 0.365. The maximum absolute atomic E-state index is 12.8. The summed E-state index contributed by atoms with van der Waals surface area (Å²) in [5.41, 5.74) is 5.68. The first-order chi connectivity index (χ1) is 7.95. The van der Waals surface area contributed by atoms with E-state index in [1.165, 1.54) is 13.2 Å². The van der Waals surface area contributed by atoms with Crippen molar-refractivity contribution in [3.63, 3.8) is 0 Å². The second kappa shape index (κ2) is 5.60. The molecule has 0 aliphatic carbocycles. The van der Waals surface area contributed by atoms with Gasteiger partial charge in [-0.1, -0.05) is 6.07 Å². The molecular formula is C11H14FNO4. The summed E-state index contributed by atoms with van der Waals surface area (Å²) >= 11 is 0. The molecule has 0 saturated heterocycles. The van der Waals surface area contributed by atoms with Gasteiger partial charge in [0, 0.05) is 11.3 Å². The molecule has 0 amide bonds. The van der Waals surface area contributed by atoms with Crippen LogP contribution in [0.2, 0.25) is 0 Å². The van der Waals surface area contributed by atoms with Crippen LogP contribution >= 0.6 is 0 Å². The quantitative estimate of drug-likeness (QED) is 0.524. The monoisotopic (exact) mass is 243 g/mol. The minimum atomic E-state index is -1.37. The van der Waals surface area contributed by atoms with E-state index in [4.69, 9.17) is 5.73 Å². The van der Waals surface area contributed by atoms with E-state index in [0.717, 1.165) is 12.1 Å². The molecule has 0 aromatic heterocycles. The van der Waals surface area contributed by atoms with Crippen LogP contribution in [0.5, 0.6) is 0 Å². The van der Waals surface area contributed by atoms with Crippen molar-refractivity contribution >= 4 is 11.7 Å². The fourth-order valence-corrected chi connectivity index (χ4v) is 1.39. The number of benzene rings is 1. The molecule has 0 spiro atoms. The van der Waals surface area contributed by atoms with Crippen molar-refractivity contribution in [3.05, 3.63) is 29.6 Å². The Morgan fingerprint density at radius 2 is 2.18 bits per heavy atom. The maximum Gasteiger partial charge on any atom is 0.308 e. The summed E-state index contributed by atoms with van der Waals surface area (Å²) in [5.74, 6) is -1.20. The average Bonchev–Trinajstić information content (AvgIpc) is 2.28. The number of esters is 1. The number of nitrogens with two attached hydrogens (primary N) is 1. The zero-order valence-corrected chi connectivity index (χ0v) is 9.26. The van der Waals surface area contributed by atoms with E-state index in [-0.39, 0.29) is 17.7 Å². The molecule has 1 aromatic rings. The first kappa shape index (κ1) is 13.4. The molecule has 17 heavy (non-hydrogen) atoms. The maximum atomic E-state index is 12.8. The van der Waals surface area contributed by atoms with Gasteiger partial charge in [-0.25, -0.2) is 4.39 Å². The van der Waals surface area contributed by atoms with Crippen LogP contribution in [0.1, 0.15) is 18.1 Å². The van der Waals surface area contributed by atoms with Crippen LogP contribution in [0, 0.1) is 5.82 Å². The third kappa shape index (κ3) is 3.40. The van der Waals surface area contributed by atoms with E-state index < -0.39 is 24.0 Å². The number of methoxy groups -OCH3 is 1. The lowest BCUT2D eigenvalue weighted by Crippen LogP contribution is -2.23. The summed E-state index contributed by atoms with van der Waals surface area (Å²) in [6.45, 7) is 0. The molecule has 94 valence electrons. The fourth-order valence-electron chi connectivity index (χ4n) is 1.39. The van der Waals surface area contributed by atoms with Gasteiger partial charge in [0.2, 0.25) is 0 Å². The number of aliphatic hydroxyl groups excluding tert-OH is 2. The van der Waals surface area contributed by atoms with Crippen LogP contribution in [0.4, 0.5) is 10.1 Å². The summed E-state index contributed by atoms with van der Waals surface area (Å²) in [6.07, 6.45) is -3.08. The van der Waals surface area contributed by atoms with Crippen molar-refractivity contribution in [2.75, 3.05) is 12.8 Å². The van der Waals surface area contributed by atoms with E-state index in [1.54, 1.807) is 0 Å². The molecule has 4 N–H and O–H groups in total. The van der Waals surface area contributed by atoms with Crippen molar-refractivity contribution in [1.29, 1.82) is 0 Å². The number of hydrogen-bond acceptors (Lipinski definition) is 5. The van der Waals surface area contributed by atoms with Gasteiger partial charge in [0.25, 0.3) is 0 Å². The molecular weight excluding hydrogens is 229 g/mol. The van der Waals surface area contributed by atoms with Gasteiger partial charge in [-0.15, -0.1) is 0 Å². The number of ether oxygens (including phenoxy) is 1. The van der Waals surface area contributed by atoms with Crippen molar-refractivity contribution in [1.82, 2.24) is 0 Å². The van der Waals surface area contributed by atoms with E-state index in [1.807, 2.05) is 0 Å². The smallest absolute Gasteiger partial charge is 0.308 e. The molecule has 2 unspecified atom stereocenters. The lowest BCUT2D eigenvalue weighted by atomic mass is 10.0. The largest absolute Gasteiger partial charge is 0.469 e. The molecule has 0 bridgehead atoms. The summed E-state index contributed by atoms with van der Waals surface area (Å²) < 4.78 is 17.1. The summed E-state index contributed by atoms with van der Waals surface area (Å²) in [5, 5.41) is 19.3. The number of anilines is 1. The molecule has 0 heterocycles. The van der Waals surface area contributed by atoms with Gasteiger partial charge in [0.15, 0.2) is 0 Å². The molecule has 0 fully saturated rings. The Kier molecular flexibility index (Phi) is 4.42. The van der Waals surface area contributed by atoms with E-state index in [9.17, 15) is 19.4 Å². The molecule has 6 heteroatoms. The SMILES string of the molecule is COC(=O)CC(O)C(O)c1ccc(F)cc1N. The lowest BCUT2D eigenvalue weighted by molar-refractivity contribution is -0.144. The summed E-state index contributed by atoms with van der Waals surface area (Å²) in [6, 6.07) is 3.40. The van der Waals surface area contributed by atoms with Crippen LogP contribution in [0.3, 0.4) is 0 Å². The Hall–Kier alpha value is -1.66. The van der Waals surface area contributed by atoms with Gasteiger partial charge in [-0.2, -0.15) is 0 Å². The topological polar surface area (TPSA) is 92.8 Å². The number of aliphatic hydroxyl groups is 2. The Balaban J connectivity index is 2.81. The second-order valence-corrected chi connectivity index (χ2v) is 3.57. The highest BCUT2D eigenvalue weighted by Crippen LogP contribution is 2.25. The zero-order valence-electron chi connectivity index (χ0n) is 9.26. The first-order valence-electron chi connectivity index (χ1n) is 4.93. The lowest BCUT2D eigenvalue weighted by Gasteiger charge is -2.18. The van der Waals surface area contributed by atoms with Crippen LogP contribution in [0.15, 0.2) is 18.2 Å². The van der Waals surface area contributed by atoms with E-state index >= 15 is 0 Å². The van der Waals surface area contributed by atoms with Gasteiger partial charge in [-0.05, 0) is 12.1 Å². The predicted molar refractivity (Wildman–Crippen MR) is 58.4 cm³/mol. The Morgan fingerprint density at radius 1 is 1.53 bits per heavy atom. The number of rotatable bonds is 4. The van der Waals surface area contributed by atoms with Gasteiger partial charge in [0.1, 0.15) is 11.9 Å². The Morgan fingerprint density at radius 3 is 2.71 bits per heavy atom. The van der Waals surface area contributed by atoms with Crippen molar-refractivity contribution in [3.8, 4) is 0 Å². The van der Waals surface area contributed by atoms with Crippen molar-refractivity contribution in [2.45, 2.75) is 18.6 Å². The highest BCUT2D eigenvalue weighted by atomic mass is 19.1. The number of carbonyl (C=O) groups excluding carboxylic acids is 1. The van der Waals surface area contributed by atoms with Gasteiger partial charge in [0.05, 0.1) is 19.6 Å². The number of nitrogen functional groups attached to an aromatic ring is 1. The third-order valence-electron chi connectivity index (χ3n) is 2.34. The average molecular weight is 243 g/mol. The summed E-state index contributed by atoms with van der Waals surface area (Å²) in [7, 11) is 1.17. The van der Waals surface area contributed by atoms with Gasteiger partial charge < -0.3 is 20.7 Å². The molecule has 0 aliphatic rings. The Labute approximate surface area is 97.6 Å². The molecule has 2 atom stereocenters. The standard InChI is InChI=1S/C11H14FNO4/c1-17-10(15)5-9(14)11(16)7-3-2-6(12)4-8(7)13/h2-4,9,11,14,16H,5,13H2,1H3. The van der Waals surface area contributed by atoms with Crippen LogP contribution in [-0.2, 0) is 9.53 Å². The Bertz CT molecular complexity index is 410. The minimum absolute atomic E-state index is 0.0152. The highest BCUT2D eigenvalue weighted by Gasteiger charge is 2.23. The zero-order chi connectivity index (χ0) is 13.0. The molecule has 0 aliphatic heterocycles. The number of hydrogen-bond donors (Lipinski definition) is 3. The van der Waals surface area contributed by atoms with E-state index in [0.29, 0.717) is 0 Å². The number of halogens is 1. The van der Waals surface area contributed by atoms with Crippen LogP contribution < -0.4 is 5.73 Å². The highest BCUT2D eigenvalue weighted by molar-refractivity contribution is 5.70. The second-order valence-electron chi connectivity index (χ2n) is 3.57.